The average molecular weight is 291 g/mol. The van der Waals surface area contributed by atoms with Crippen molar-refractivity contribution in [2.24, 2.45) is 0 Å². The Morgan fingerprint density at radius 3 is 2.67 bits per heavy atom. The maximum absolute atomic E-state index is 12.5. The van der Waals surface area contributed by atoms with Crippen molar-refractivity contribution in [3.63, 3.8) is 0 Å². The maximum atomic E-state index is 12.5. The van der Waals surface area contributed by atoms with Gasteiger partial charge in [0.2, 0.25) is 11.8 Å². The first-order valence-corrected chi connectivity index (χ1v) is 7.99. The summed E-state index contributed by atoms with van der Waals surface area (Å²) in [6.45, 7) is 7.27. The van der Waals surface area contributed by atoms with Gasteiger partial charge < -0.3 is 4.52 Å². The van der Waals surface area contributed by atoms with E-state index >= 15 is 0 Å². The molecule has 0 bridgehead atoms. The zero-order valence-corrected chi connectivity index (χ0v) is 13.2. The van der Waals surface area contributed by atoms with Crippen molar-refractivity contribution in [3.05, 3.63) is 11.8 Å². The van der Waals surface area contributed by atoms with Crippen LogP contribution in [0.4, 0.5) is 5.88 Å². The van der Waals surface area contributed by atoms with Crippen molar-refractivity contribution in [2.45, 2.75) is 70.4 Å². The molecule has 1 unspecified atom stereocenters. The number of rotatable bonds is 3. The molecule has 2 fully saturated rings. The van der Waals surface area contributed by atoms with Gasteiger partial charge in [-0.25, -0.2) is 0 Å². The van der Waals surface area contributed by atoms with E-state index in [0.29, 0.717) is 11.9 Å². The summed E-state index contributed by atoms with van der Waals surface area (Å²) < 4.78 is 5.26. The molecule has 0 aromatic carbocycles. The lowest BCUT2D eigenvalue weighted by atomic mass is 9.91. The van der Waals surface area contributed by atoms with Gasteiger partial charge in [0.1, 0.15) is 0 Å². The number of nitrogens with one attached hydrogen (secondary N) is 1. The van der Waals surface area contributed by atoms with Crippen molar-refractivity contribution < 1.29 is 9.32 Å². The fourth-order valence-corrected chi connectivity index (χ4v) is 3.12. The van der Waals surface area contributed by atoms with E-state index < -0.39 is 0 Å². The Hall–Kier alpha value is -1.36. The molecule has 1 aromatic rings. The van der Waals surface area contributed by atoms with Crippen LogP contribution in [0.5, 0.6) is 0 Å². The lowest BCUT2D eigenvalue weighted by Crippen LogP contribution is -2.48. The zero-order chi connectivity index (χ0) is 15.0. The molecule has 5 heteroatoms. The molecule has 0 spiro atoms. The van der Waals surface area contributed by atoms with Crippen LogP contribution in [0.2, 0.25) is 0 Å². The smallest absolute Gasteiger partial charge is 0.244 e. The third-order valence-corrected chi connectivity index (χ3v) is 4.67. The second-order valence-electron chi connectivity index (χ2n) is 7.30. The molecule has 0 radical (unpaired) electrons. The largest absolute Gasteiger partial charge is 0.338 e. The van der Waals surface area contributed by atoms with Gasteiger partial charge in [0.05, 0.1) is 11.7 Å². The van der Waals surface area contributed by atoms with Crippen LogP contribution < -0.4 is 5.32 Å². The highest BCUT2D eigenvalue weighted by Gasteiger charge is 2.37. The number of amides is 1. The van der Waals surface area contributed by atoms with E-state index in [2.05, 4.69) is 36.1 Å². The van der Waals surface area contributed by atoms with E-state index in [1.54, 1.807) is 0 Å². The molecule has 1 atom stereocenters. The number of anilines is 1. The number of nitrogens with zero attached hydrogens (tertiary/aromatic N) is 2. The monoisotopic (exact) mass is 291 g/mol. The van der Waals surface area contributed by atoms with Gasteiger partial charge in [-0.15, -0.1) is 0 Å². The van der Waals surface area contributed by atoms with E-state index in [4.69, 9.17) is 4.52 Å². The molecule has 5 nitrogen and oxygen atoms in total. The molecule has 1 saturated heterocycles. The number of carbonyl (C=O) groups is 1. The maximum Gasteiger partial charge on any atom is 0.244 e. The Kier molecular flexibility index (Phi) is 3.78. The van der Waals surface area contributed by atoms with Crippen molar-refractivity contribution in [1.29, 1.82) is 0 Å². The molecule has 2 heterocycles. The molecule has 1 N–H and O–H groups in total. The van der Waals surface area contributed by atoms with E-state index in [-0.39, 0.29) is 17.4 Å². The molecule has 116 valence electrons. The summed E-state index contributed by atoms with van der Waals surface area (Å²) in [6.07, 6.45) is 5.83. The predicted molar refractivity (Wildman–Crippen MR) is 81.2 cm³/mol. The Morgan fingerprint density at radius 1 is 1.33 bits per heavy atom. The van der Waals surface area contributed by atoms with Crippen LogP contribution in [-0.4, -0.2) is 34.6 Å². The van der Waals surface area contributed by atoms with Crippen LogP contribution in [0.15, 0.2) is 10.6 Å². The normalized spacial score (nSPS) is 24.0. The number of carbonyl (C=O) groups excluding carboxylic acids is 1. The molecule has 1 aliphatic heterocycles. The zero-order valence-electron chi connectivity index (χ0n) is 13.2. The minimum atomic E-state index is -0.0716. The van der Waals surface area contributed by atoms with Gasteiger partial charge in [-0.05, 0) is 32.2 Å². The second kappa shape index (κ2) is 5.44. The molecule has 1 aromatic heterocycles. The van der Waals surface area contributed by atoms with Crippen LogP contribution in [0.1, 0.15) is 58.6 Å². The van der Waals surface area contributed by atoms with Crippen LogP contribution in [0.3, 0.4) is 0 Å². The van der Waals surface area contributed by atoms with Gasteiger partial charge in [-0.2, -0.15) is 0 Å². The molecule has 21 heavy (non-hydrogen) atoms. The van der Waals surface area contributed by atoms with E-state index in [0.717, 1.165) is 25.1 Å². The van der Waals surface area contributed by atoms with Gasteiger partial charge in [-0.1, -0.05) is 32.3 Å². The Balaban J connectivity index is 1.64. The number of hydrogen-bond donors (Lipinski definition) is 1. The standard InChI is InChI=1S/C16H25N3O2/c1-16(2,3)13-10-14(21-18-13)17-15(20)12-8-5-9-19(12)11-6-4-7-11/h10-12H,4-9H2,1-3H3,(H,17,20). The number of hydrogen-bond acceptors (Lipinski definition) is 4. The molecular formula is C16H25N3O2. The molecule has 1 saturated carbocycles. The predicted octanol–water partition coefficient (Wildman–Crippen LogP) is 2.93. The summed E-state index contributed by atoms with van der Waals surface area (Å²) in [4.78, 5) is 14.9. The molecule has 2 aliphatic rings. The first-order valence-electron chi connectivity index (χ1n) is 7.99. The van der Waals surface area contributed by atoms with Gasteiger partial charge in [0.15, 0.2) is 0 Å². The topological polar surface area (TPSA) is 58.4 Å². The van der Waals surface area contributed by atoms with Gasteiger partial charge in [0.25, 0.3) is 0 Å². The lowest BCUT2D eigenvalue weighted by Gasteiger charge is -2.37. The van der Waals surface area contributed by atoms with Gasteiger partial charge in [0, 0.05) is 17.5 Å². The summed E-state index contributed by atoms with van der Waals surface area (Å²) >= 11 is 0. The molecule has 1 amide bonds. The van der Waals surface area contributed by atoms with Crippen molar-refractivity contribution in [3.8, 4) is 0 Å². The van der Waals surface area contributed by atoms with E-state index in [9.17, 15) is 4.79 Å². The highest BCUT2D eigenvalue weighted by atomic mass is 16.5. The van der Waals surface area contributed by atoms with Crippen LogP contribution >= 0.6 is 0 Å². The summed E-state index contributed by atoms with van der Waals surface area (Å²) in [5.74, 6) is 0.515. The fraction of sp³-hybridized carbons (Fsp3) is 0.750. The Labute approximate surface area is 126 Å². The van der Waals surface area contributed by atoms with Crippen LogP contribution in [0, 0.1) is 0 Å². The van der Waals surface area contributed by atoms with Crippen LogP contribution in [0.25, 0.3) is 0 Å². The van der Waals surface area contributed by atoms with Crippen molar-refractivity contribution in [2.75, 3.05) is 11.9 Å². The second-order valence-corrected chi connectivity index (χ2v) is 7.30. The molecular weight excluding hydrogens is 266 g/mol. The van der Waals surface area contributed by atoms with Crippen LogP contribution in [-0.2, 0) is 10.2 Å². The summed E-state index contributed by atoms with van der Waals surface area (Å²) in [6, 6.07) is 2.45. The summed E-state index contributed by atoms with van der Waals surface area (Å²) in [5, 5.41) is 6.94. The first-order chi connectivity index (χ1) is 9.95. The minimum absolute atomic E-state index is 0.00140. The minimum Gasteiger partial charge on any atom is -0.338 e. The third kappa shape index (κ3) is 2.98. The van der Waals surface area contributed by atoms with Gasteiger partial charge >= 0.3 is 0 Å². The number of aromatic nitrogens is 1. The molecule has 1 aliphatic carbocycles. The first kappa shape index (κ1) is 14.6. The SMILES string of the molecule is CC(C)(C)c1cc(NC(=O)C2CCCN2C2CCC2)on1. The quantitative estimate of drug-likeness (QED) is 0.930. The summed E-state index contributed by atoms with van der Waals surface area (Å²) in [7, 11) is 0. The fourth-order valence-electron chi connectivity index (χ4n) is 3.12. The number of likely N-dealkylation sites (tertiary alicyclic amines) is 1. The van der Waals surface area contributed by atoms with E-state index in [1.807, 2.05) is 6.07 Å². The lowest BCUT2D eigenvalue weighted by molar-refractivity contribution is -0.121. The third-order valence-electron chi connectivity index (χ3n) is 4.67. The highest BCUT2D eigenvalue weighted by Crippen LogP contribution is 2.32. The van der Waals surface area contributed by atoms with Crippen molar-refractivity contribution in [1.82, 2.24) is 10.1 Å². The Bertz CT molecular complexity index is 514. The highest BCUT2D eigenvalue weighted by molar-refractivity contribution is 5.94. The summed E-state index contributed by atoms with van der Waals surface area (Å²) in [5.41, 5.74) is 0.790. The van der Waals surface area contributed by atoms with E-state index in [1.165, 1.54) is 19.3 Å². The Morgan fingerprint density at radius 2 is 2.10 bits per heavy atom. The van der Waals surface area contributed by atoms with Gasteiger partial charge in [-0.3, -0.25) is 15.0 Å². The molecule has 3 rings (SSSR count). The average Bonchev–Trinajstić information content (AvgIpc) is 2.94. The van der Waals surface area contributed by atoms with Crippen molar-refractivity contribution >= 4 is 11.8 Å².